The highest BCUT2D eigenvalue weighted by atomic mass is 19.1. The zero-order chi connectivity index (χ0) is 27.8. The van der Waals surface area contributed by atoms with Gasteiger partial charge in [-0.2, -0.15) is 0 Å². The lowest BCUT2D eigenvalue weighted by atomic mass is 10.2. The fourth-order valence-corrected chi connectivity index (χ4v) is 4.33. The van der Waals surface area contributed by atoms with Crippen molar-refractivity contribution < 1.29 is 13.5 Å². The van der Waals surface area contributed by atoms with E-state index in [1.807, 2.05) is 50.2 Å². The average molecular weight is 534 g/mol. The second-order valence-electron chi connectivity index (χ2n) is 9.27. The molecule has 0 N–H and O–H groups in total. The van der Waals surface area contributed by atoms with Crippen molar-refractivity contribution in [3.05, 3.63) is 104 Å². The van der Waals surface area contributed by atoms with Gasteiger partial charge in [0.15, 0.2) is 11.5 Å². The Kier molecular flexibility index (Phi) is 6.79. The average Bonchev–Trinajstić information content (AvgIpc) is 3.27. The third-order valence-corrected chi connectivity index (χ3v) is 6.24. The van der Waals surface area contributed by atoms with E-state index < -0.39 is 29.4 Å². The zero-order valence-corrected chi connectivity index (χ0v) is 21.7. The van der Waals surface area contributed by atoms with E-state index in [0.29, 0.717) is 11.4 Å². The normalized spacial score (nSPS) is 11.5. The zero-order valence-electron chi connectivity index (χ0n) is 21.7. The lowest BCUT2D eigenvalue weighted by Crippen LogP contribution is -2.40. The molecule has 0 fully saturated rings. The third-order valence-electron chi connectivity index (χ3n) is 6.24. The van der Waals surface area contributed by atoms with Crippen LogP contribution in [0.2, 0.25) is 0 Å². The van der Waals surface area contributed by atoms with Crippen molar-refractivity contribution in [3.8, 4) is 17.4 Å². The van der Waals surface area contributed by atoms with Crippen LogP contribution in [0.1, 0.15) is 16.8 Å². The van der Waals surface area contributed by atoms with Crippen molar-refractivity contribution in [2.45, 2.75) is 20.0 Å². The maximum absolute atomic E-state index is 14.7. The Balaban J connectivity index is 1.89. The number of hydrogen-bond acceptors (Lipinski definition) is 7. The molecule has 5 aromatic rings. The first-order valence-electron chi connectivity index (χ1n) is 12.0. The largest absolute Gasteiger partial charge is 0.480 e. The topological polar surface area (TPSA) is 100 Å². The Morgan fingerprint density at radius 3 is 2.23 bits per heavy atom. The molecule has 0 aliphatic carbocycles. The smallest absolute Gasteiger partial charge is 0.338 e. The van der Waals surface area contributed by atoms with Gasteiger partial charge in [0, 0.05) is 18.2 Å². The predicted molar refractivity (Wildman–Crippen MR) is 141 cm³/mol. The maximum atomic E-state index is 14.7. The molecular formula is C27H25F2N7O3. The molecule has 0 atom stereocenters. The third kappa shape index (κ3) is 4.70. The first-order valence-corrected chi connectivity index (χ1v) is 12.0. The summed E-state index contributed by atoms with van der Waals surface area (Å²) in [5.41, 5.74) is 0.252. The predicted octanol–water partition coefficient (Wildman–Crippen LogP) is 2.83. The Bertz CT molecular complexity index is 1770. The fraction of sp³-hybridized carbons (Fsp3) is 0.222. The number of methoxy groups -OCH3 is 1. The minimum Gasteiger partial charge on any atom is -0.480 e. The molecule has 0 saturated heterocycles. The molecule has 0 aliphatic rings. The molecule has 0 aliphatic heterocycles. The van der Waals surface area contributed by atoms with Crippen LogP contribution < -0.4 is 16.0 Å². The van der Waals surface area contributed by atoms with E-state index in [9.17, 15) is 18.4 Å². The van der Waals surface area contributed by atoms with Gasteiger partial charge in [0.05, 0.1) is 25.0 Å². The maximum Gasteiger partial charge on any atom is 0.338 e. The van der Waals surface area contributed by atoms with Gasteiger partial charge in [0.1, 0.15) is 17.0 Å². The highest BCUT2D eigenvalue weighted by Crippen LogP contribution is 2.22. The first-order chi connectivity index (χ1) is 18.7. The Labute approximate surface area is 221 Å². The SMILES string of the molecule is COc1ccc(-n2c(=O)c3c(CN(C)C)n(-c4ccc(C)cc4)nc3n(Cc3c(F)cccc3F)c2=O)nn1. The van der Waals surface area contributed by atoms with E-state index in [-0.39, 0.29) is 34.8 Å². The summed E-state index contributed by atoms with van der Waals surface area (Å²) in [5.74, 6) is -1.55. The van der Waals surface area contributed by atoms with Crippen LogP contribution in [0.4, 0.5) is 8.78 Å². The van der Waals surface area contributed by atoms with E-state index in [0.717, 1.165) is 26.8 Å². The minimum atomic E-state index is -0.875. The van der Waals surface area contributed by atoms with E-state index in [2.05, 4.69) is 15.3 Å². The summed E-state index contributed by atoms with van der Waals surface area (Å²) in [5, 5.41) is 12.6. The monoisotopic (exact) mass is 533 g/mol. The van der Waals surface area contributed by atoms with Crippen LogP contribution in [-0.4, -0.2) is 55.2 Å². The van der Waals surface area contributed by atoms with Crippen molar-refractivity contribution in [2.75, 3.05) is 21.2 Å². The van der Waals surface area contributed by atoms with Gasteiger partial charge in [-0.3, -0.25) is 9.36 Å². The van der Waals surface area contributed by atoms with Crippen LogP contribution in [0, 0.1) is 18.6 Å². The van der Waals surface area contributed by atoms with Crippen LogP contribution in [0.25, 0.3) is 22.5 Å². The molecular weight excluding hydrogens is 508 g/mol. The highest BCUT2D eigenvalue weighted by molar-refractivity contribution is 5.79. The summed E-state index contributed by atoms with van der Waals surface area (Å²) in [7, 11) is 5.07. The van der Waals surface area contributed by atoms with Gasteiger partial charge in [-0.05, 0) is 51.4 Å². The van der Waals surface area contributed by atoms with E-state index in [1.165, 1.54) is 25.3 Å². The van der Waals surface area contributed by atoms with Crippen LogP contribution in [0.5, 0.6) is 5.88 Å². The number of benzene rings is 2. The Hall–Kier alpha value is -4.71. The van der Waals surface area contributed by atoms with Crippen molar-refractivity contribution in [1.82, 2.24) is 34.0 Å². The molecule has 2 aromatic carbocycles. The number of fused-ring (bicyclic) bond motifs is 1. The van der Waals surface area contributed by atoms with Crippen LogP contribution in [0.15, 0.2) is 64.2 Å². The lowest BCUT2D eigenvalue weighted by Gasteiger charge is -2.14. The van der Waals surface area contributed by atoms with Crippen LogP contribution in [-0.2, 0) is 13.1 Å². The van der Waals surface area contributed by atoms with E-state index >= 15 is 0 Å². The summed E-state index contributed by atoms with van der Waals surface area (Å²) >= 11 is 0. The Morgan fingerprint density at radius 2 is 1.64 bits per heavy atom. The molecule has 0 saturated carbocycles. The number of rotatable bonds is 7. The molecule has 0 radical (unpaired) electrons. The molecule has 12 heteroatoms. The molecule has 0 unspecified atom stereocenters. The standard InChI is InChI=1S/C27H25F2N7O3/c1-16-8-10-17(11-9-16)36-21(15-33(2)3)24-25(32-36)34(14-18-19(28)6-5-7-20(18)29)27(38)35(26(24)37)22-12-13-23(39-4)31-30-22/h5-13H,14-15H2,1-4H3. The van der Waals surface area contributed by atoms with Gasteiger partial charge in [-0.25, -0.2) is 22.8 Å². The molecule has 3 aromatic heterocycles. The quantitative estimate of drug-likeness (QED) is 0.317. The fourth-order valence-electron chi connectivity index (χ4n) is 4.33. The second-order valence-corrected chi connectivity index (χ2v) is 9.27. The Morgan fingerprint density at radius 1 is 0.949 bits per heavy atom. The van der Waals surface area contributed by atoms with Gasteiger partial charge in [0.25, 0.3) is 5.56 Å². The van der Waals surface area contributed by atoms with Gasteiger partial charge in [-0.1, -0.05) is 23.8 Å². The van der Waals surface area contributed by atoms with E-state index in [4.69, 9.17) is 4.74 Å². The number of hydrogen-bond donors (Lipinski definition) is 0. The molecule has 0 amide bonds. The summed E-state index contributed by atoms with van der Waals surface area (Å²) in [6, 6.07) is 13.8. The van der Waals surface area contributed by atoms with E-state index in [1.54, 1.807) is 4.68 Å². The number of halogens is 2. The van der Waals surface area contributed by atoms with Gasteiger partial charge >= 0.3 is 5.69 Å². The van der Waals surface area contributed by atoms with Crippen molar-refractivity contribution in [2.24, 2.45) is 0 Å². The lowest BCUT2D eigenvalue weighted by molar-refractivity contribution is 0.391. The van der Waals surface area contributed by atoms with Crippen LogP contribution >= 0.6 is 0 Å². The second kappa shape index (κ2) is 10.2. The number of nitrogens with zero attached hydrogens (tertiary/aromatic N) is 7. The van der Waals surface area contributed by atoms with Crippen molar-refractivity contribution in [3.63, 3.8) is 0 Å². The van der Waals surface area contributed by atoms with Crippen LogP contribution in [0.3, 0.4) is 0 Å². The number of aromatic nitrogens is 6. The molecule has 0 bridgehead atoms. The molecule has 5 rings (SSSR count). The molecule has 0 spiro atoms. The van der Waals surface area contributed by atoms with Gasteiger partial charge in [-0.15, -0.1) is 15.3 Å². The summed E-state index contributed by atoms with van der Waals surface area (Å²) in [6.45, 7) is 1.71. The van der Waals surface area contributed by atoms with Gasteiger partial charge < -0.3 is 9.64 Å². The highest BCUT2D eigenvalue weighted by Gasteiger charge is 2.25. The van der Waals surface area contributed by atoms with Crippen molar-refractivity contribution in [1.29, 1.82) is 0 Å². The van der Waals surface area contributed by atoms with Crippen molar-refractivity contribution >= 4 is 11.0 Å². The number of aryl methyl sites for hydroxylation is 1. The molecule has 200 valence electrons. The summed E-state index contributed by atoms with van der Waals surface area (Å²) in [6.07, 6.45) is 0. The number of ether oxygens (including phenoxy) is 1. The first kappa shape index (κ1) is 25.9. The molecule has 3 heterocycles. The minimum absolute atomic E-state index is 0.0113. The van der Waals surface area contributed by atoms with Gasteiger partial charge in [0.2, 0.25) is 5.88 Å². The summed E-state index contributed by atoms with van der Waals surface area (Å²) in [4.78, 5) is 29.7. The summed E-state index contributed by atoms with van der Waals surface area (Å²) < 4.78 is 38.0. The molecule has 10 nitrogen and oxygen atoms in total. The molecule has 39 heavy (non-hydrogen) atoms.